The molecule has 20 heavy (non-hydrogen) atoms. The van der Waals surface area contributed by atoms with E-state index in [2.05, 4.69) is 21.6 Å². The summed E-state index contributed by atoms with van der Waals surface area (Å²) >= 11 is 1.19. The molecule has 0 aliphatic heterocycles. The number of unbranched alkanes of at least 4 members (excludes halogenated alkanes) is 1. The Balaban J connectivity index is 2.02. The lowest BCUT2D eigenvalue weighted by molar-refractivity contribution is -0.116. The summed E-state index contributed by atoms with van der Waals surface area (Å²) in [5.74, 6) is 1.39. The Morgan fingerprint density at radius 1 is 1.35 bits per heavy atom. The van der Waals surface area contributed by atoms with Gasteiger partial charge in [0.15, 0.2) is 5.82 Å². The van der Waals surface area contributed by atoms with E-state index in [0.717, 1.165) is 24.2 Å². The van der Waals surface area contributed by atoms with Gasteiger partial charge >= 0.3 is 0 Å². The molecule has 1 aromatic heterocycles. The molecule has 1 amide bonds. The van der Waals surface area contributed by atoms with Crippen molar-refractivity contribution in [3.63, 3.8) is 0 Å². The second-order valence-corrected chi connectivity index (χ2v) is 5.06. The molecule has 1 heterocycles. The zero-order chi connectivity index (χ0) is 14.4. The third-order valence-electron chi connectivity index (χ3n) is 2.78. The van der Waals surface area contributed by atoms with Gasteiger partial charge in [-0.25, -0.2) is 0 Å². The minimum Gasteiger partial charge on any atom is -0.497 e. The van der Waals surface area contributed by atoms with Crippen LogP contribution in [-0.2, 0) is 4.79 Å². The van der Waals surface area contributed by atoms with Gasteiger partial charge in [-0.1, -0.05) is 13.3 Å². The molecular weight excluding hydrogens is 274 g/mol. The number of amides is 1. The average Bonchev–Trinajstić information content (AvgIpc) is 2.93. The molecule has 0 aliphatic carbocycles. The van der Waals surface area contributed by atoms with Gasteiger partial charge in [-0.05, 0) is 30.7 Å². The lowest BCUT2D eigenvalue weighted by Crippen LogP contribution is -2.10. The highest BCUT2D eigenvalue weighted by atomic mass is 32.1. The van der Waals surface area contributed by atoms with E-state index in [0.29, 0.717) is 17.4 Å². The molecule has 0 radical (unpaired) electrons. The Kier molecular flexibility index (Phi) is 5.06. The number of carbonyl (C=O) groups excluding carboxylic acids is 1. The highest BCUT2D eigenvalue weighted by Crippen LogP contribution is 2.23. The van der Waals surface area contributed by atoms with Crippen molar-refractivity contribution in [1.82, 2.24) is 9.36 Å². The van der Waals surface area contributed by atoms with Crippen molar-refractivity contribution in [3.8, 4) is 17.1 Å². The normalized spacial score (nSPS) is 10.3. The summed E-state index contributed by atoms with van der Waals surface area (Å²) in [6, 6.07) is 7.50. The zero-order valence-electron chi connectivity index (χ0n) is 11.5. The number of nitrogens with zero attached hydrogens (tertiary/aromatic N) is 2. The fourth-order valence-corrected chi connectivity index (χ4v) is 2.26. The third-order valence-corrected chi connectivity index (χ3v) is 3.41. The molecule has 0 saturated heterocycles. The van der Waals surface area contributed by atoms with E-state index in [1.165, 1.54) is 11.5 Å². The third kappa shape index (κ3) is 3.77. The van der Waals surface area contributed by atoms with Crippen molar-refractivity contribution in [2.45, 2.75) is 26.2 Å². The molecular formula is C14H17N3O2S. The Hall–Kier alpha value is -1.95. The number of aromatic nitrogens is 2. The largest absolute Gasteiger partial charge is 0.497 e. The van der Waals surface area contributed by atoms with E-state index in [1.54, 1.807) is 7.11 Å². The van der Waals surface area contributed by atoms with Gasteiger partial charge in [-0.3, -0.25) is 4.79 Å². The van der Waals surface area contributed by atoms with Gasteiger partial charge in [0.2, 0.25) is 11.0 Å². The predicted molar refractivity (Wildman–Crippen MR) is 80.1 cm³/mol. The number of benzene rings is 1. The first-order chi connectivity index (χ1) is 9.72. The Morgan fingerprint density at radius 3 is 2.75 bits per heavy atom. The fourth-order valence-electron chi connectivity index (χ4n) is 1.65. The van der Waals surface area contributed by atoms with Crippen molar-refractivity contribution < 1.29 is 9.53 Å². The maximum absolute atomic E-state index is 11.6. The Morgan fingerprint density at radius 2 is 2.10 bits per heavy atom. The van der Waals surface area contributed by atoms with Gasteiger partial charge in [-0.2, -0.15) is 9.36 Å². The lowest BCUT2D eigenvalue weighted by atomic mass is 10.2. The van der Waals surface area contributed by atoms with Crippen LogP contribution in [0, 0.1) is 0 Å². The second-order valence-electron chi connectivity index (χ2n) is 4.30. The number of hydrogen-bond acceptors (Lipinski definition) is 5. The van der Waals surface area contributed by atoms with Crippen LogP contribution in [0.25, 0.3) is 11.4 Å². The molecule has 0 unspecified atom stereocenters. The number of hydrogen-bond donors (Lipinski definition) is 1. The summed E-state index contributed by atoms with van der Waals surface area (Å²) in [6.07, 6.45) is 2.41. The summed E-state index contributed by atoms with van der Waals surface area (Å²) in [6.45, 7) is 2.06. The van der Waals surface area contributed by atoms with E-state index in [1.807, 2.05) is 24.3 Å². The number of methoxy groups -OCH3 is 1. The number of nitrogens with one attached hydrogen (secondary N) is 1. The van der Waals surface area contributed by atoms with E-state index in [4.69, 9.17) is 4.74 Å². The molecule has 6 heteroatoms. The van der Waals surface area contributed by atoms with Crippen molar-refractivity contribution in [2.24, 2.45) is 0 Å². The van der Waals surface area contributed by atoms with Gasteiger partial charge < -0.3 is 10.1 Å². The lowest BCUT2D eigenvalue weighted by Gasteiger charge is -2.00. The van der Waals surface area contributed by atoms with Crippen LogP contribution in [0.2, 0.25) is 0 Å². The Bertz CT molecular complexity index is 566. The number of carbonyl (C=O) groups is 1. The van der Waals surface area contributed by atoms with Crippen LogP contribution in [0.15, 0.2) is 24.3 Å². The van der Waals surface area contributed by atoms with Gasteiger partial charge in [-0.15, -0.1) is 0 Å². The predicted octanol–water partition coefficient (Wildman–Crippen LogP) is 3.34. The topological polar surface area (TPSA) is 64.1 Å². The number of rotatable bonds is 6. The highest BCUT2D eigenvalue weighted by Gasteiger charge is 2.09. The monoisotopic (exact) mass is 291 g/mol. The first-order valence-electron chi connectivity index (χ1n) is 6.51. The minimum absolute atomic E-state index is 0.00993. The molecule has 2 rings (SSSR count). The molecule has 0 aliphatic rings. The van der Waals surface area contributed by atoms with Gasteiger partial charge in [0, 0.05) is 23.5 Å². The first-order valence-corrected chi connectivity index (χ1v) is 7.28. The minimum atomic E-state index is -0.00993. The fraction of sp³-hybridized carbons (Fsp3) is 0.357. The summed E-state index contributed by atoms with van der Waals surface area (Å²) in [4.78, 5) is 15.9. The molecule has 1 N–H and O–H groups in total. The summed E-state index contributed by atoms with van der Waals surface area (Å²) in [7, 11) is 1.63. The van der Waals surface area contributed by atoms with Crippen LogP contribution in [0.4, 0.5) is 5.13 Å². The zero-order valence-corrected chi connectivity index (χ0v) is 12.4. The van der Waals surface area contributed by atoms with Crippen LogP contribution in [0.1, 0.15) is 26.2 Å². The molecule has 0 fully saturated rings. The number of anilines is 1. The SMILES string of the molecule is CCCCC(=O)Nc1nc(-c2ccc(OC)cc2)ns1. The van der Waals surface area contributed by atoms with Gasteiger partial charge in [0.1, 0.15) is 5.75 Å². The van der Waals surface area contributed by atoms with Crippen molar-refractivity contribution in [3.05, 3.63) is 24.3 Å². The molecule has 0 atom stereocenters. The molecule has 5 nitrogen and oxygen atoms in total. The molecule has 0 saturated carbocycles. The first kappa shape index (κ1) is 14.5. The summed E-state index contributed by atoms with van der Waals surface area (Å²) < 4.78 is 9.36. The summed E-state index contributed by atoms with van der Waals surface area (Å²) in [5, 5.41) is 3.31. The van der Waals surface area contributed by atoms with E-state index >= 15 is 0 Å². The van der Waals surface area contributed by atoms with E-state index in [9.17, 15) is 4.79 Å². The molecule has 1 aromatic carbocycles. The van der Waals surface area contributed by atoms with Crippen molar-refractivity contribution in [2.75, 3.05) is 12.4 Å². The van der Waals surface area contributed by atoms with Crippen LogP contribution in [0.5, 0.6) is 5.75 Å². The van der Waals surface area contributed by atoms with E-state index in [-0.39, 0.29) is 5.91 Å². The van der Waals surface area contributed by atoms with Crippen LogP contribution in [0.3, 0.4) is 0 Å². The Labute approximate surface area is 122 Å². The van der Waals surface area contributed by atoms with Crippen LogP contribution in [-0.4, -0.2) is 22.4 Å². The van der Waals surface area contributed by atoms with Gasteiger partial charge in [0.05, 0.1) is 7.11 Å². The van der Waals surface area contributed by atoms with E-state index < -0.39 is 0 Å². The maximum atomic E-state index is 11.6. The molecule has 0 spiro atoms. The van der Waals surface area contributed by atoms with Crippen molar-refractivity contribution in [1.29, 1.82) is 0 Å². The standard InChI is InChI=1S/C14H17N3O2S/c1-3-4-5-12(18)15-14-16-13(17-20-14)10-6-8-11(19-2)9-7-10/h6-9H,3-5H2,1-2H3,(H,15,16,17,18). The van der Waals surface area contributed by atoms with Crippen LogP contribution >= 0.6 is 11.5 Å². The second kappa shape index (κ2) is 7.00. The molecule has 2 aromatic rings. The van der Waals surface area contributed by atoms with Crippen molar-refractivity contribution >= 4 is 22.6 Å². The number of ether oxygens (including phenoxy) is 1. The quantitative estimate of drug-likeness (QED) is 0.886. The van der Waals surface area contributed by atoms with Gasteiger partial charge in [0.25, 0.3) is 0 Å². The molecule has 106 valence electrons. The average molecular weight is 291 g/mol. The maximum Gasteiger partial charge on any atom is 0.226 e. The molecule has 0 bridgehead atoms. The van der Waals surface area contributed by atoms with Crippen LogP contribution < -0.4 is 10.1 Å². The highest BCUT2D eigenvalue weighted by molar-refractivity contribution is 7.10. The summed E-state index contributed by atoms with van der Waals surface area (Å²) in [5.41, 5.74) is 0.899. The smallest absolute Gasteiger partial charge is 0.226 e.